The van der Waals surface area contributed by atoms with E-state index >= 15 is 0 Å². The topological polar surface area (TPSA) is 44.9 Å². The highest BCUT2D eigenvalue weighted by Gasteiger charge is 2.29. The molecule has 1 amide bonds. The van der Waals surface area contributed by atoms with E-state index in [4.69, 9.17) is 0 Å². The summed E-state index contributed by atoms with van der Waals surface area (Å²) >= 11 is 0. The van der Waals surface area contributed by atoms with Crippen molar-refractivity contribution in [2.45, 2.75) is 19.0 Å². The van der Waals surface area contributed by atoms with Crippen LogP contribution in [0.25, 0.3) is 10.9 Å². The average molecular weight is 346 g/mol. The van der Waals surface area contributed by atoms with Gasteiger partial charge in [-0.1, -0.05) is 30.3 Å². The van der Waals surface area contributed by atoms with Gasteiger partial charge in [0, 0.05) is 23.6 Å². The minimum Gasteiger partial charge on any atom is -0.361 e. The summed E-state index contributed by atoms with van der Waals surface area (Å²) in [6.07, 6.45) is -1.69. The van der Waals surface area contributed by atoms with E-state index in [0.29, 0.717) is 18.5 Å². The van der Waals surface area contributed by atoms with Gasteiger partial charge < -0.3 is 10.3 Å². The Balaban J connectivity index is 1.51. The first-order chi connectivity index (χ1) is 11.9. The summed E-state index contributed by atoms with van der Waals surface area (Å²) in [5, 5.41) is 3.93. The summed E-state index contributed by atoms with van der Waals surface area (Å²) in [5.41, 5.74) is 2.01. The highest BCUT2D eigenvalue weighted by molar-refractivity contribution is 5.83. The fraction of sp³-hybridized carbons (Fsp3) is 0.211. The number of carbonyl (C=O) groups excluding carboxylic acids is 1. The molecule has 130 valence electrons. The number of hydrogen-bond donors (Lipinski definition) is 2. The van der Waals surface area contributed by atoms with Crippen LogP contribution in [0.15, 0.2) is 54.7 Å². The zero-order valence-electron chi connectivity index (χ0n) is 13.4. The third-order valence-corrected chi connectivity index (χ3v) is 4.04. The highest BCUT2D eigenvalue weighted by atomic mass is 19.4. The van der Waals surface area contributed by atoms with Crippen molar-refractivity contribution in [2.24, 2.45) is 0 Å². The monoisotopic (exact) mass is 346 g/mol. The first-order valence-electron chi connectivity index (χ1n) is 7.91. The van der Waals surface area contributed by atoms with E-state index in [1.807, 2.05) is 30.5 Å². The third-order valence-electron chi connectivity index (χ3n) is 4.04. The van der Waals surface area contributed by atoms with Gasteiger partial charge >= 0.3 is 6.18 Å². The van der Waals surface area contributed by atoms with E-state index in [-0.39, 0.29) is 12.3 Å². The number of benzene rings is 2. The molecule has 3 nitrogen and oxygen atoms in total. The van der Waals surface area contributed by atoms with E-state index in [1.54, 1.807) is 0 Å². The van der Waals surface area contributed by atoms with Gasteiger partial charge in [0.05, 0.1) is 12.0 Å². The predicted molar refractivity (Wildman–Crippen MR) is 90.2 cm³/mol. The lowest BCUT2D eigenvalue weighted by Gasteiger charge is -2.08. The molecule has 25 heavy (non-hydrogen) atoms. The van der Waals surface area contributed by atoms with E-state index in [9.17, 15) is 18.0 Å². The molecule has 3 aromatic rings. The maximum atomic E-state index is 12.5. The molecule has 2 N–H and O–H groups in total. The molecule has 0 saturated heterocycles. The van der Waals surface area contributed by atoms with Crippen molar-refractivity contribution >= 4 is 16.8 Å². The first kappa shape index (κ1) is 17.1. The minimum atomic E-state index is -4.36. The van der Waals surface area contributed by atoms with E-state index in [2.05, 4.69) is 10.3 Å². The fourth-order valence-electron chi connectivity index (χ4n) is 2.73. The second-order valence-corrected chi connectivity index (χ2v) is 5.83. The maximum Gasteiger partial charge on any atom is 0.416 e. The Morgan fingerprint density at radius 2 is 1.76 bits per heavy atom. The minimum absolute atomic E-state index is 0.0615. The number of amides is 1. The van der Waals surface area contributed by atoms with Gasteiger partial charge in [0.1, 0.15) is 0 Å². The lowest BCUT2D eigenvalue weighted by atomic mass is 10.1. The number of aromatic nitrogens is 1. The zero-order valence-corrected chi connectivity index (χ0v) is 13.4. The van der Waals surface area contributed by atoms with Crippen molar-refractivity contribution in [1.82, 2.24) is 10.3 Å². The van der Waals surface area contributed by atoms with Gasteiger partial charge in [-0.15, -0.1) is 0 Å². The van der Waals surface area contributed by atoms with E-state index in [1.165, 1.54) is 12.1 Å². The zero-order chi connectivity index (χ0) is 17.9. The number of carbonyl (C=O) groups is 1. The number of para-hydroxylation sites is 1. The average Bonchev–Trinajstić information content (AvgIpc) is 2.98. The number of halogens is 3. The number of hydrogen-bond acceptors (Lipinski definition) is 1. The Hall–Kier alpha value is -2.76. The van der Waals surface area contributed by atoms with Gasteiger partial charge in [0.25, 0.3) is 0 Å². The molecule has 0 spiro atoms. The molecule has 3 rings (SSSR count). The van der Waals surface area contributed by atoms with Crippen LogP contribution in [0.1, 0.15) is 16.7 Å². The summed E-state index contributed by atoms with van der Waals surface area (Å²) in [6, 6.07) is 12.6. The fourth-order valence-corrected chi connectivity index (χ4v) is 2.73. The van der Waals surface area contributed by atoms with Crippen LogP contribution < -0.4 is 5.32 Å². The number of H-pyrrole nitrogens is 1. The molecule has 0 atom stereocenters. The molecule has 1 aromatic heterocycles. The number of rotatable bonds is 5. The summed E-state index contributed by atoms with van der Waals surface area (Å²) in [6.45, 7) is 0.474. The summed E-state index contributed by atoms with van der Waals surface area (Å²) in [5.74, 6) is -0.209. The SMILES string of the molecule is O=C(Cc1ccc(C(F)(F)F)cc1)NCCc1c[nH]c2ccccc12. The van der Waals surface area contributed by atoms with Gasteiger partial charge in [-0.2, -0.15) is 13.2 Å². The number of alkyl halides is 3. The van der Waals surface area contributed by atoms with Crippen LogP contribution in [0.5, 0.6) is 0 Å². The molecular weight excluding hydrogens is 329 g/mol. The maximum absolute atomic E-state index is 12.5. The van der Waals surface area contributed by atoms with E-state index in [0.717, 1.165) is 28.6 Å². The van der Waals surface area contributed by atoms with Crippen LogP contribution in [0, 0.1) is 0 Å². The van der Waals surface area contributed by atoms with E-state index < -0.39 is 11.7 Å². The number of fused-ring (bicyclic) bond motifs is 1. The molecule has 0 aliphatic heterocycles. The molecule has 2 aromatic carbocycles. The Bertz CT molecular complexity index is 866. The summed E-state index contributed by atoms with van der Waals surface area (Å²) in [7, 11) is 0. The molecular formula is C19H17F3N2O. The Morgan fingerprint density at radius 3 is 2.48 bits per heavy atom. The molecule has 0 radical (unpaired) electrons. The van der Waals surface area contributed by atoms with Crippen molar-refractivity contribution in [1.29, 1.82) is 0 Å². The third kappa shape index (κ3) is 4.21. The molecule has 0 unspecified atom stereocenters. The van der Waals surface area contributed by atoms with Gasteiger partial charge in [-0.3, -0.25) is 4.79 Å². The molecule has 0 saturated carbocycles. The Labute approximate surface area is 142 Å². The van der Waals surface area contributed by atoms with Crippen LogP contribution in [-0.4, -0.2) is 17.4 Å². The largest absolute Gasteiger partial charge is 0.416 e. The molecule has 0 aliphatic rings. The highest BCUT2D eigenvalue weighted by Crippen LogP contribution is 2.29. The Morgan fingerprint density at radius 1 is 1.04 bits per heavy atom. The lowest BCUT2D eigenvalue weighted by Crippen LogP contribution is -2.27. The smallest absolute Gasteiger partial charge is 0.361 e. The molecule has 0 fully saturated rings. The van der Waals surface area contributed by atoms with Crippen molar-refractivity contribution in [2.75, 3.05) is 6.54 Å². The van der Waals surface area contributed by atoms with Crippen LogP contribution >= 0.6 is 0 Å². The van der Waals surface area contributed by atoms with Crippen molar-refractivity contribution in [3.63, 3.8) is 0 Å². The van der Waals surface area contributed by atoms with Crippen molar-refractivity contribution < 1.29 is 18.0 Å². The van der Waals surface area contributed by atoms with Crippen LogP contribution in [0.3, 0.4) is 0 Å². The van der Waals surface area contributed by atoms with Gasteiger partial charge in [-0.05, 0) is 35.7 Å². The van der Waals surface area contributed by atoms with Gasteiger partial charge in [-0.25, -0.2) is 0 Å². The number of aromatic amines is 1. The van der Waals surface area contributed by atoms with Crippen LogP contribution in [0.4, 0.5) is 13.2 Å². The van der Waals surface area contributed by atoms with Crippen LogP contribution in [0.2, 0.25) is 0 Å². The summed E-state index contributed by atoms with van der Waals surface area (Å²) in [4.78, 5) is 15.1. The molecule has 6 heteroatoms. The van der Waals surface area contributed by atoms with Gasteiger partial charge in [0.15, 0.2) is 0 Å². The standard InChI is InChI=1S/C19H17F3N2O/c20-19(21,22)15-7-5-13(6-8-15)11-18(25)23-10-9-14-12-24-17-4-2-1-3-16(14)17/h1-8,12,24H,9-11H2,(H,23,25). The van der Waals surface area contributed by atoms with Gasteiger partial charge in [0.2, 0.25) is 5.91 Å². The quantitative estimate of drug-likeness (QED) is 0.718. The lowest BCUT2D eigenvalue weighted by molar-refractivity contribution is -0.137. The number of nitrogens with one attached hydrogen (secondary N) is 2. The first-order valence-corrected chi connectivity index (χ1v) is 7.91. The second kappa shape index (κ2) is 7.01. The second-order valence-electron chi connectivity index (χ2n) is 5.83. The van der Waals surface area contributed by atoms with Crippen molar-refractivity contribution in [3.8, 4) is 0 Å². The molecule has 0 bridgehead atoms. The van der Waals surface area contributed by atoms with Crippen molar-refractivity contribution in [3.05, 3.63) is 71.4 Å². The van der Waals surface area contributed by atoms with Crippen LogP contribution in [-0.2, 0) is 23.8 Å². The molecule has 1 heterocycles. The normalized spacial score (nSPS) is 11.6. The predicted octanol–water partition coefficient (Wildman–Crippen LogP) is 4.09. The molecule has 0 aliphatic carbocycles. The summed E-state index contributed by atoms with van der Waals surface area (Å²) < 4.78 is 37.5. The Kier molecular flexibility index (Phi) is 4.79.